The van der Waals surface area contributed by atoms with E-state index < -0.39 is 10.0 Å². The summed E-state index contributed by atoms with van der Waals surface area (Å²) in [5.74, 6) is 0.714. The molecule has 0 spiro atoms. The summed E-state index contributed by atoms with van der Waals surface area (Å²) in [6, 6.07) is 14.8. The molecule has 0 amide bonds. The zero-order chi connectivity index (χ0) is 20.7. The fraction of sp³-hybridized carbons (Fsp3) is 0.273. The Hall–Kier alpha value is -2.97. The molecule has 0 atom stereocenters. The van der Waals surface area contributed by atoms with Gasteiger partial charge in [0.15, 0.2) is 11.4 Å². The van der Waals surface area contributed by atoms with Gasteiger partial charge in [0.25, 0.3) is 0 Å². The van der Waals surface area contributed by atoms with Crippen molar-refractivity contribution in [1.82, 2.24) is 14.3 Å². The number of nitrogens with zero attached hydrogens (tertiary/aromatic N) is 4. The van der Waals surface area contributed by atoms with Crippen molar-refractivity contribution in [3.63, 3.8) is 0 Å². The molecule has 4 aromatic rings. The first kappa shape index (κ1) is 19.0. The smallest absolute Gasteiger partial charge is 0.243 e. The molecule has 1 aliphatic heterocycles. The molecule has 1 aliphatic rings. The highest BCUT2D eigenvalue weighted by Gasteiger charge is 2.28. The van der Waals surface area contributed by atoms with Crippen LogP contribution in [0, 0.1) is 6.92 Å². The van der Waals surface area contributed by atoms with Gasteiger partial charge in [0.05, 0.1) is 4.90 Å². The Morgan fingerprint density at radius 3 is 2.57 bits per heavy atom. The standard InChI is InChI=1S/C22H22N4O3S/c1-16-7-9-17(10-8-16)30(27,28)26-12-4-11-25(13-14-26)22-21-20(23-15-24-22)18-5-2-3-6-19(18)29-21/h2-3,5-10,15H,4,11-14H2,1H3. The fourth-order valence-corrected chi connectivity index (χ4v) is 5.41. The molecule has 2 aromatic heterocycles. The highest BCUT2D eigenvalue weighted by atomic mass is 32.2. The Bertz CT molecular complexity index is 1320. The predicted molar refractivity (Wildman–Crippen MR) is 116 cm³/mol. The van der Waals surface area contributed by atoms with Gasteiger partial charge in [0, 0.05) is 31.6 Å². The zero-order valence-corrected chi connectivity index (χ0v) is 17.5. The summed E-state index contributed by atoms with van der Waals surface area (Å²) in [7, 11) is -3.52. The highest BCUT2D eigenvalue weighted by molar-refractivity contribution is 7.89. The van der Waals surface area contributed by atoms with Crippen LogP contribution >= 0.6 is 0 Å². The lowest BCUT2D eigenvalue weighted by Crippen LogP contribution is -2.35. The number of sulfonamides is 1. The van der Waals surface area contributed by atoms with E-state index in [1.807, 2.05) is 43.3 Å². The van der Waals surface area contributed by atoms with Gasteiger partial charge in [-0.2, -0.15) is 4.31 Å². The molecule has 1 fully saturated rings. The van der Waals surface area contributed by atoms with Gasteiger partial charge in [-0.3, -0.25) is 0 Å². The minimum atomic E-state index is -3.52. The summed E-state index contributed by atoms with van der Waals surface area (Å²) in [4.78, 5) is 11.3. The average molecular weight is 423 g/mol. The maximum absolute atomic E-state index is 13.1. The van der Waals surface area contributed by atoms with Crippen LogP contribution in [0.2, 0.25) is 0 Å². The Balaban J connectivity index is 1.44. The minimum absolute atomic E-state index is 0.336. The van der Waals surface area contributed by atoms with Crippen LogP contribution in [-0.2, 0) is 10.0 Å². The second kappa shape index (κ2) is 7.37. The molecule has 30 heavy (non-hydrogen) atoms. The van der Waals surface area contributed by atoms with E-state index in [0.29, 0.717) is 48.9 Å². The first-order valence-corrected chi connectivity index (χ1v) is 11.4. The number of hydrogen-bond donors (Lipinski definition) is 0. The normalized spacial score (nSPS) is 16.2. The lowest BCUT2D eigenvalue weighted by atomic mass is 10.2. The maximum atomic E-state index is 13.1. The van der Waals surface area contributed by atoms with Crippen LogP contribution in [0.15, 0.2) is 64.2 Å². The van der Waals surface area contributed by atoms with Gasteiger partial charge in [-0.05, 0) is 37.6 Å². The number of aromatic nitrogens is 2. The minimum Gasteiger partial charge on any atom is -0.450 e. The molecule has 154 valence electrons. The van der Waals surface area contributed by atoms with E-state index in [1.54, 1.807) is 22.8 Å². The van der Waals surface area contributed by atoms with E-state index in [0.717, 1.165) is 22.0 Å². The summed E-state index contributed by atoms with van der Waals surface area (Å²) >= 11 is 0. The summed E-state index contributed by atoms with van der Waals surface area (Å²) in [5, 5.41) is 0.953. The first-order chi connectivity index (χ1) is 14.5. The second-order valence-corrected chi connectivity index (χ2v) is 9.47. The summed E-state index contributed by atoms with van der Waals surface area (Å²) < 4.78 is 33.8. The molecule has 0 unspecified atom stereocenters. The molecule has 0 radical (unpaired) electrons. The highest BCUT2D eigenvalue weighted by Crippen LogP contribution is 2.32. The third-order valence-electron chi connectivity index (χ3n) is 5.55. The number of rotatable bonds is 3. The second-order valence-electron chi connectivity index (χ2n) is 7.53. The van der Waals surface area contributed by atoms with Gasteiger partial charge < -0.3 is 9.32 Å². The maximum Gasteiger partial charge on any atom is 0.243 e. The summed E-state index contributed by atoms with van der Waals surface area (Å²) in [6.07, 6.45) is 2.25. The van der Waals surface area contributed by atoms with Gasteiger partial charge in [0.2, 0.25) is 10.0 Å². The SMILES string of the molecule is Cc1ccc(S(=O)(=O)N2CCCN(c3ncnc4c3oc3ccccc34)CC2)cc1. The van der Waals surface area contributed by atoms with Gasteiger partial charge in [-0.25, -0.2) is 18.4 Å². The van der Waals surface area contributed by atoms with Crippen molar-refractivity contribution in [2.24, 2.45) is 0 Å². The van der Waals surface area contributed by atoms with Crippen molar-refractivity contribution >= 4 is 37.9 Å². The molecule has 1 saturated heterocycles. The molecule has 7 nitrogen and oxygen atoms in total. The Kier molecular flexibility index (Phi) is 4.67. The van der Waals surface area contributed by atoms with Crippen LogP contribution < -0.4 is 4.90 Å². The molecule has 3 heterocycles. The molecule has 0 N–H and O–H groups in total. The molecule has 2 aromatic carbocycles. The van der Waals surface area contributed by atoms with Crippen LogP contribution in [0.25, 0.3) is 22.1 Å². The van der Waals surface area contributed by atoms with Crippen molar-refractivity contribution in [3.05, 3.63) is 60.4 Å². The van der Waals surface area contributed by atoms with Crippen molar-refractivity contribution in [2.45, 2.75) is 18.2 Å². The van der Waals surface area contributed by atoms with Crippen molar-refractivity contribution in [1.29, 1.82) is 0 Å². The van der Waals surface area contributed by atoms with Crippen molar-refractivity contribution < 1.29 is 12.8 Å². The van der Waals surface area contributed by atoms with Crippen LogP contribution in [-0.4, -0.2) is 48.9 Å². The van der Waals surface area contributed by atoms with Crippen LogP contribution in [0.5, 0.6) is 0 Å². The van der Waals surface area contributed by atoms with Gasteiger partial charge >= 0.3 is 0 Å². The van der Waals surface area contributed by atoms with E-state index in [9.17, 15) is 8.42 Å². The van der Waals surface area contributed by atoms with Gasteiger partial charge in [0.1, 0.15) is 17.4 Å². The Morgan fingerprint density at radius 2 is 1.73 bits per heavy atom. The number of aryl methyl sites for hydroxylation is 1. The van der Waals surface area contributed by atoms with E-state index in [1.165, 1.54) is 0 Å². The summed E-state index contributed by atoms with van der Waals surface area (Å²) in [5.41, 5.74) is 3.24. The van der Waals surface area contributed by atoms with E-state index in [2.05, 4.69) is 14.9 Å². The molecule has 5 rings (SSSR count). The van der Waals surface area contributed by atoms with Crippen LogP contribution in [0.4, 0.5) is 5.82 Å². The quantitative estimate of drug-likeness (QED) is 0.502. The predicted octanol–water partition coefficient (Wildman–Crippen LogP) is 3.59. The first-order valence-electron chi connectivity index (χ1n) is 9.98. The fourth-order valence-electron chi connectivity index (χ4n) is 3.94. The zero-order valence-electron chi connectivity index (χ0n) is 16.7. The number of anilines is 1. The Morgan fingerprint density at radius 1 is 0.933 bits per heavy atom. The van der Waals surface area contributed by atoms with Crippen LogP contribution in [0.1, 0.15) is 12.0 Å². The average Bonchev–Trinajstić information content (AvgIpc) is 2.95. The number of furan rings is 1. The number of fused-ring (bicyclic) bond motifs is 3. The van der Waals surface area contributed by atoms with Crippen LogP contribution in [0.3, 0.4) is 0 Å². The monoisotopic (exact) mass is 422 g/mol. The largest absolute Gasteiger partial charge is 0.450 e. The van der Waals surface area contributed by atoms with Crippen molar-refractivity contribution in [3.8, 4) is 0 Å². The number of hydrogen-bond acceptors (Lipinski definition) is 6. The molecule has 0 bridgehead atoms. The van der Waals surface area contributed by atoms with Crippen molar-refractivity contribution in [2.75, 3.05) is 31.1 Å². The third-order valence-corrected chi connectivity index (χ3v) is 7.47. The Labute approximate surface area is 175 Å². The topological polar surface area (TPSA) is 79.5 Å². The molecular formula is C22H22N4O3S. The molecular weight excluding hydrogens is 400 g/mol. The number of benzene rings is 2. The van der Waals surface area contributed by atoms with Gasteiger partial charge in [-0.1, -0.05) is 29.8 Å². The number of para-hydroxylation sites is 1. The third kappa shape index (κ3) is 3.22. The van der Waals surface area contributed by atoms with Gasteiger partial charge in [-0.15, -0.1) is 0 Å². The molecule has 8 heteroatoms. The van der Waals surface area contributed by atoms with E-state index >= 15 is 0 Å². The van der Waals surface area contributed by atoms with E-state index in [4.69, 9.17) is 4.42 Å². The molecule has 0 saturated carbocycles. The lowest BCUT2D eigenvalue weighted by Gasteiger charge is -2.22. The molecule has 0 aliphatic carbocycles. The summed E-state index contributed by atoms with van der Waals surface area (Å²) in [6.45, 7) is 4.04. The van der Waals surface area contributed by atoms with E-state index in [-0.39, 0.29) is 0 Å². The lowest BCUT2D eigenvalue weighted by molar-refractivity contribution is 0.433.